The Kier molecular flexibility index (Phi) is 3.78. The van der Waals surface area contributed by atoms with E-state index in [-0.39, 0.29) is 17.0 Å². The van der Waals surface area contributed by atoms with Crippen LogP contribution in [0.4, 0.5) is 0 Å². The van der Waals surface area contributed by atoms with Crippen molar-refractivity contribution in [2.75, 3.05) is 12.3 Å². The maximum Gasteiger partial charge on any atom is 0.156 e. The third-order valence-electron chi connectivity index (χ3n) is 3.88. The van der Waals surface area contributed by atoms with Crippen LogP contribution >= 0.6 is 0 Å². The summed E-state index contributed by atoms with van der Waals surface area (Å²) in [4.78, 5) is 0. The topological polar surface area (TPSA) is 46.2 Å². The molecule has 0 spiro atoms. The number of rotatable bonds is 2. The van der Waals surface area contributed by atoms with Gasteiger partial charge < -0.3 is 5.32 Å². The van der Waals surface area contributed by atoms with Crippen molar-refractivity contribution in [2.45, 2.75) is 38.5 Å². The standard InChI is InChI=1S/C14H21NO2S/c1-10-4-5-13(8-11(10)2)9-14-12(3)15-6-7-18(14,16)17/h4-5,8,12,14-15H,6-7,9H2,1-3H3. The fourth-order valence-corrected chi connectivity index (χ4v) is 4.36. The highest BCUT2D eigenvalue weighted by Gasteiger charge is 2.34. The summed E-state index contributed by atoms with van der Waals surface area (Å²) < 4.78 is 24.2. The van der Waals surface area contributed by atoms with Gasteiger partial charge in [0.2, 0.25) is 0 Å². The lowest BCUT2D eigenvalue weighted by atomic mass is 10.0. The van der Waals surface area contributed by atoms with Crippen molar-refractivity contribution < 1.29 is 8.42 Å². The van der Waals surface area contributed by atoms with Gasteiger partial charge in [-0.2, -0.15) is 0 Å². The van der Waals surface area contributed by atoms with E-state index < -0.39 is 9.84 Å². The molecule has 0 aromatic heterocycles. The quantitative estimate of drug-likeness (QED) is 0.885. The molecule has 1 aliphatic heterocycles. The van der Waals surface area contributed by atoms with Crippen molar-refractivity contribution in [1.29, 1.82) is 0 Å². The lowest BCUT2D eigenvalue weighted by molar-refractivity contribution is 0.477. The van der Waals surface area contributed by atoms with Crippen LogP contribution in [0.15, 0.2) is 18.2 Å². The van der Waals surface area contributed by atoms with Crippen LogP contribution in [0, 0.1) is 13.8 Å². The zero-order chi connectivity index (χ0) is 13.3. The molecule has 0 saturated carbocycles. The minimum absolute atomic E-state index is 0.0327. The zero-order valence-corrected chi connectivity index (χ0v) is 12.0. The molecule has 2 rings (SSSR count). The monoisotopic (exact) mass is 267 g/mol. The second kappa shape index (κ2) is 5.02. The summed E-state index contributed by atoms with van der Waals surface area (Å²) in [6.45, 7) is 6.67. The molecule has 0 aliphatic carbocycles. The predicted molar refractivity (Wildman–Crippen MR) is 74.7 cm³/mol. The van der Waals surface area contributed by atoms with Gasteiger partial charge in [-0.05, 0) is 43.9 Å². The van der Waals surface area contributed by atoms with Crippen LogP contribution in [0.1, 0.15) is 23.6 Å². The van der Waals surface area contributed by atoms with E-state index in [9.17, 15) is 8.42 Å². The Morgan fingerprint density at radius 1 is 1.28 bits per heavy atom. The molecule has 0 radical (unpaired) electrons. The molecule has 3 nitrogen and oxygen atoms in total. The SMILES string of the molecule is Cc1ccc(CC2C(C)NCCS2(=O)=O)cc1C. The van der Waals surface area contributed by atoms with Crippen LogP contribution in [-0.2, 0) is 16.3 Å². The lowest BCUT2D eigenvalue weighted by Gasteiger charge is -2.30. The van der Waals surface area contributed by atoms with Gasteiger partial charge in [-0.1, -0.05) is 18.2 Å². The minimum atomic E-state index is -2.96. The summed E-state index contributed by atoms with van der Waals surface area (Å²) in [5, 5.41) is 2.96. The van der Waals surface area contributed by atoms with Crippen molar-refractivity contribution in [3.8, 4) is 0 Å². The van der Waals surface area contributed by atoms with Gasteiger partial charge >= 0.3 is 0 Å². The minimum Gasteiger partial charge on any atom is -0.312 e. The number of sulfone groups is 1. The van der Waals surface area contributed by atoms with Gasteiger partial charge in [0.25, 0.3) is 0 Å². The Morgan fingerprint density at radius 2 is 2.00 bits per heavy atom. The first-order valence-electron chi connectivity index (χ1n) is 6.41. The maximum absolute atomic E-state index is 12.1. The molecule has 2 unspecified atom stereocenters. The summed E-state index contributed by atoms with van der Waals surface area (Å²) >= 11 is 0. The Morgan fingerprint density at radius 3 is 2.61 bits per heavy atom. The predicted octanol–water partition coefficient (Wildman–Crippen LogP) is 1.62. The van der Waals surface area contributed by atoms with E-state index in [4.69, 9.17) is 0 Å². The summed E-state index contributed by atoms with van der Waals surface area (Å²) in [6, 6.07) is 6.24. The van der Waals surface area contributed by atoms with Crippen LogP contribution in [0.5, 0.6) is 0 Å². The number of hydrogen-bond donors (Lipinski definition) is 1. The van der Waals surface area contributed by atoms with Crippen LogP contribution in [-0.4, -0.2) is 32.0 Å². The Hall–Kier alpha value is -0.870. The van der Waals surface area contributed by atoms with Crippen LogP contribution < -0.4 is 5.32 Å². The summed E-state index contributed by atoms with van der Waals surface area (Å²) in [6.07, 6.45) is 0.609. The van der Waals surface area contributed by atoms with Gasteiger partial charge in [0.05, 0.1) is 11.0 Å². The zero-order valence-electron chi connectivity index (χ0n) is 11.2. The second-order valence-corrected chi connectivity index (χ2v) is 7.61. The number of benzene rings is 1. The molecule has 4 heteroatoms. The van der Waals surface area contributed by atoms with Gasteiger partial charge in [-0.15, -0.1) is 0 Å². The highest BCUT2D eigenvalue weighted by atomic mass is 32.2. The number of nitrogens with one attached hydrogen (secondary N) is 1. The van der Waals surface area contributed by atoms with E-state index >= 15 is 0 Å². The average Bonchev–Trinajstić information content (AvgIpc) is 2.28. The van der Waals surface area contributed by atoms with Gasteiger partial charge in [-0.3, -0.25) is 0 Å². The molecule has 1 aliphatic rings. The van der Waals surface area contributed by atoms with Crippen molar-refractivity contribution in [1.82, 2.24) is 5.32 Å². The molecule has 2 atom stereocenters. The van der Waals surface area contributed by atoms with Crippen LogP contribution in [0.2, 0.25) is 0 Å². The Balaban J connectivity index is 2.23. The van der Waals surface area contributed by atoms with Crippen LogP contribution in [0.3, 0.4) is 0 Å². The first kappa shape index (κ1) is 13.6. The summed E-state index contributed by atoms with van der Waals surface area (Å²) in [7, 11) is -2.96. The number of hydrogen-bond acceptors (Lipinski definition) is 3. The third kappa shape index (κ3) is 2.75. The summed E-state index contributed by atoms with van der Waals surface area (Å²) in [5.41, 5.74) is 3.58. The highest BCUT2D eigenvalue weighted by molar-refractivity contribution is 7.92. The average molecular weight is 267 g/mol. The molecule has 1 N–H and O–H groups in total. The molecular weight excluding hydrogens is 246 g/mol. The molecule has 1 saturated heterocycles. The smallest absolute Gasteiger partial charge is 0.156 e. The van der Waals surface area contributed by atoms with E-state index in [1.165, 1.54) is 11.1 Å². The molecule has 1 aromatic rings. The Labute approximate surface area is 110 Å². The van der Waals surface area contributed by atoms with E-state index in [0.717, 1.165) is 5.56 Å². The second-order valence-electron chi connectivity index (χ2n) is 5.27. The molecule has 0 bridgehead atoms. The van der Waals surface area contributed by atoms with Crippen molar-refractivity contribution in [2.24, 2.45) is 0 Å². The molecule has 0 amide bonds. The van der Waals surface area contributed by atoms with Crippen molar-refractivity contribution in [3.05, 3.63) is 34.9 Å². The lowest BCUT2D eigenvalue weighted by Crippen LogP contribution is -2.51. The van der Waals surface area contributed by atoms with Crippen LogP contribution in [0.25, 0.3) is 0 Å². The largest absolute Gasteiger partial charge is 0.312 e. The summed E-state index contributed by atoms with van der Waals surface area (Å²) in [5.74, 6) is 0.257. The third-order valence-corrected chi connectivity index (χ3v) is 6.15. The molecular formula is C14H21NO2S. The maximum atomic E-state index is 12.1. The van der Waals surface area contributed by atoms with Gasteiger partial charge in [0.1, 0.15) is 0 Å². The fraction of sp³-hybridized carbons (Fsp3) is 0.571. The molecule has 18 heavy (non-hydrogen) atoms. The molecule has 1 heterocycles. The first-order chi connectivity index (χ1) is 8.40. The van der Waals surface area contributed by atoms with E-state index in [1.807, 2.05) is 13.0 Å². The van der Waals surface area contributed by atoms with Crippen molar-refractivity contribution in [3.63, 3.8) is 0 Å². The highest BCUT2D eigenvalue weighted by Crippen LogP contribution is 2.19. The number of aryl methyl sites for hydroxylation is 2. The first-order valence-corrected chi connectivity index (χ1v) is 8.13. The van der Waals surface area contributed by atoms with Gasteiger partial charge in [0.15, 0.2) is 9.84 Å². The van der Waals surface area contributed by atoms with E-state index in [0.29, 0.717) is 13.0 Å². The van der Waals surface area contributed by atoms with E-state index in [2.05, 4.69) is 31.3 Å². The Bertz CT molecular complexity index is 537. The molecule has 1 aromatic carbocycles. The fourth-order valence-electron chi connectivity index (χ4n) is 2.49. The molecule has 1 fully saturated rings. The normalized spacial score (nSPS) is 27.1. The molecule has 100 valence electrons. The van der Waals surface area contributed by atoms with Gasteiger partial charge in [-0.25, -0.2) is 8.42 Å². The van der Waals surface area contributed by atoms with Gasteiger partial charge in [0, 0.05) is 12.6 Å². The van der Waals surface area contributed by atoms with Crippen molar-refractivity contribution >= 4 is 9.84 Å². The van der Waals surface area contributed by atoms with E-state index in [1.54, 1.807) is 0 Å².